The van der Waals surface area contributed by atoms with E-state index in [1.165, 1.54) is 83.5 Å². The molecule has 0 saturated carbocycles. The molecule has 0 rings (SSSR count). The van der Waals surface area contributed by atoms with Crippen LogP contribution in [0.25, 0.3) is 0 Å². The van der Waals surface area contributed by atoms with Crippen LogP contribution in [-0.4, -0.2) is 12.2 Å². The normalized spacial score (nSPS) is 11.9. The molecule has 0 aliphatic heterocycles. The van der Waals surface area contributed by atoms with E-state index in [4.69, 9.17) is 0 Å². The molecule has 2 nitrogen and oxygen atoms in total. The molecule has 0 aliphatic rings. The molecule has 0 N–H and O–H groups in total. The molecule has 0 fully saturated rings. The van der Waals surface area contributed by atoms with Crippen molar-refractivity contribution in [3.05, 3.63) is 6.08 Å². The van der Waals surface area contributed by atoms with E-state index < -0.39 is 0 Å². The Morgan fingerprint density at radius 1 is 0.783 bits per heavy atom. The lowest BCUT2D eigenvalue weighted by Crippen LogP contribution is -2.02. The summed E-state index contributed by atoms with van der Waals surface area (Å²) in [6, 6.07) is 0. The molecular formula is C21H38O2. The van der Waals surface area contributed by atoms with Gasteiger partial charge in [-0.05, 0) is 24.8 Å². The molecule has 0 aromatic rings. The fourth-order valence-electron chi connectivity index (χ4n) is 3.17. The number of allylic oxidation sites excluding steroid dienone is 1. The first-order valence-corrected chi connectivity index (χ1v) is 9.98. The van der Waals surface area contributed by atoms with Gasteiger partial charge in [-0.2, -0.15) is 0 Å². The van der Waals surface area contributed by atoms with Crippen molar-refractivity contribution in [1.29, 1.82) is 0 Å². The zero-order valence-corrected chi connectivity index (χ0v) is 15.4. The minimum atomic E-state index is 0.629. The maximum absolute atomic E-state index is 10.8. The van der Waals surface area contributed by atoms with Crippen LogP contribution >= 0.6 is 0 Å². The van der Waals surface area contributed by atoms with Gasteiger partial charge in [-0.25, -0.2) is 4.79 Å². The van der Waals surface area contributed by atoms with Crippen LogP contribution in [0.15, 0.2) is 6.08 Å². The Morgan fingerprint density at radius 2 is 1.30 bits per heavy atom. The summed E-state index contributed by atoms with van der Waals surface area (Å²) in [5.41, 5.74) is 0. The van der Waals surface area contributed by atoms with E-state index in [0.29, 0.717) is 5.92 Å². The van der Waals surface area contributed by atoms with Crippen LogP contribution in [-0.2, 0) is 9.59 Å². The summed E-state index contributed by atoms with van der Waals surface area (Å²) in [5, 5.41) is 0. The predicted octanol–water partition coefficient (Wildman–Crippen LogP) is 6.45. The number of unbranched alkanes of at least 4 members (excludes halogenated alkanes) is 11. The van der Waals surface area contributed by atoms with Gasteiger partial charge in [0.25, 0.3) is 0 Å². The summed E-state index contributed by atoms with van der Waals surface area (Å²) in [6.07, 6.45) is 22.3. The van der Waals surface area contributed by atoms with Gasteiger partial charge >= 0.3 is 0 Å². The maximum atomic E-state index is 10.8. The minimum absolute atomic E-state index is 0.629. The van der Waals surface area contributed by atoms with Gasteiger partial charge in [0.2, 0.25) is 0 Å². The highest BCUT2D eigenvalue weighted by atomic mass is 16.1. The van der Waals surface area contributed by atoms with Gasteiger partial charge in [0.05, 0.1) is 0 Å². The summed E-state index contributed by atoms with van der Waals surface area (Å²) in [6.45, 7) is 2.25. The highest BCUT2D eigenvalue weighted by molar-refractivity contribution is 5.49. The Bertz CT molecular complexity index is 292. The molecule has 0 aliphatic carbocycles. The number of rotatable bonds is 18. The second-order valence-electron chi connectivity index (χ2n) is 6.85. The molecule has 0 bridgehead atoms. The summed E-state index contributed by atoms with van der Waals surface area (Å²) in [7, 11) is 0. The Labute approximate surface area is 144 Å². The average molecular weight is 323 g/mol. The smallest absolute Gasteiger partial charge is 0.120 e. The molecule has 23 heavy (non-hydrogen) atoms. The third-order valence-electron chi connectivity index (χ3n) is 4.69. The molecule has 0 aromatic heterocycles. The van der Waals surface area contributed by atoms with Crippen molar-refractivity contribution < 1.29 is 9.59 Å². The van der Waals surface area contributed by atoms with E-state index in [0.717, 1.165) is 25.5 Å². The van der Waals surface area contributed by atoms with Crippen molar-refractivity contribution in [2.45, 2.75) is 110 Å². The zero-order valence-electron chi connectivity index (χ0n) is 15.4. The molecule has 0 heterocycles. The number of aldehydes is 1. The number of hydrogen-bond donors (Lipinski definition) is 0. The Hall–Kier alpha value is -0.880. The monoisotopic (exact) mass is 322 g/mol. The lowest BCUT2D eigenvalue weighted by molar-refractivity contribution is -0.108. The molecule has 2 heteroatoms. The third-order valence-corrected chi connectivity index (χ3v) is 4.69. The third kappa shape index (κ3) is 17.3. The van der Waals surface area contributed by atoms with Gasteiger partial charge in [0, 0.05) is 6.42 Å². The van der Waals surface area contributed by atoms with Gasteiger partial charge in [0.1, 0.15) is 12.2 Å². The van der Waals surface area contributed by atoms with Crippen molar-refractivity contribution in [3.8, 4) is 0 Å². The fourth-order valence-corrected chi connectivity index (χ4v) is 3.17. The molecule has 1 atom stereocenters. The fraction of sp³-hybridized carbons (Fsp3) is 0.857. The van der Waals surface area contributed by atoms with Crippen LogP contribution in [0.5, 0.6) is 0 Å². The minimum Gasteiger partial charge on any atom is -0.303 e. The summed E-state index contributed by atoms with van der Waals surface area (Å²) >= 11 is 0. The first-order chi connectivity index (χ1) is 11.3. The Kier molecular flexibility index (Phi) is 18.4. The van der Waals surface area contributed by atoms with Crippen LogP contribution in [0.1, 0.15) is 110 Å². The topological polar surface area (TPSA) is 34.1 Å². The Balaban J connectivity index is 3.45. The average Bonchev–Trinajstić information content (AvgIpc) is 2.56. The van der Waals surface area contributed by atoms with Crippen LogP contribution in [0.3, 0.4) is 0 Å². The second kappa shape index (κ2) is 19.2. The number of carbonyl (C=O) groups is 1. The summed E-state index contributed by atoms with van der Waals surface area (Å²) in [4.78, 5) is 20.8. The molecule has 0 aromatic carbocycles. The molecular weight excluding hydrogens is 284 g/mol. The van der Waals surface area contributed by atoms with Gasteiger partial charge < -0.3 is 4.79 Å². The van der Waals surface area contributed by atoms with Crippen molar-refractivity contribution >= 4 is 12.2 Å². The van der Waals surface area contributed by atoms with E-state index in [2.05, 4.69) is 6.92 Å². The van der Waals surface area contributed by atoms with E-state index in [-0.39, 0.29) is 0 Å². The lowest BCUT2D eigenvalue weighted by Gasteiger charge is -2.13. The van der Waals surface area contributed by atoms with Crippen LogP contribution in [0.4, 0.5) is 0 Å². The first-order valence-electron chi connectivity index (χ1n) is 9.98. The largest absolute Gasteiger partial charge is 0.303 e. The lowest BCUT2D eigenvalue weighted by atomic mass is 9.92. The second-order valence-corrected chi connectivity index (χ2v) is 6.85. The van der Waals surface area contributed by atoms with E-state index >= 15 is 0 Å². The quantitative estimate of drug-likeness (QED) is 0.165. The van der Waals surface area contributed by atoms with E-state index in [9.17, 15) is 9.59 Å². The van der Waals surface area contributed by atoms with Gasteiger partial charge in [-0.15, -0.1) is 0 Å². The maximum Gasteiger partial charge on any atom is 0.120 e. The van der Waals surface area contributed by atoms with Crippen LogP contribution in [0.2, 0.25) is 0 Å². The highest BCUT2D eigenvalue weighted by Crippen LogP contribution is 2.21. The van der Waals surface area contributed by atoms with Crippen molar-refractivity contribution in [1.82, 2.24) is 0 Å². The molecule has 0 spiro atoms. The number of carbonyl (C=O) groups excluding carboxylic acids is 2. The van der Waals surface area contributed by atoms with E-state index in [1.54, 1.807) is 6.08 Å². The number of hydrogen-bond acceptors (Lipinski definition) is 2. The van der Waals surface area contributed by atoms with Gasteiger partial charge in [-0.3, -0.25) is 0 Å². The molecule has 0 amide bonds. The highest BCUT2D eigenvalue weighted by Gasteiger charge is 2.07. The van der Waals surface area contributed by atoms with Crippen molar-refractivity contribution in [3.63, 3.8) is 0 Å². The SMILES string of the molecule is CCCCCCCC(CC=O)CCCCCCCCCC=C=O. The van der Waals surface area contributed by atoms with Gasteiger partial charge in [0.15, 0.2) is 0 Å². The van der Waals surface area contributed by atoms with E-state index in [1.807, 2.05) is 5.94 Å². The zero-order chi connectivity index (χ0) is 17.0. The first kappa shape index (κ1) is 22.1. The van der Waals surface area contributed by atoms with Gasteiger partial charge in [-0.1, -0.05) is 90.4 Å². The Morgan fingerprint density at radius 3 is 1.83 bits per heavy atom. The predicted molar refractivity (Wildman–Crippen MR) is 99.4 cm³/mol. The summed E-state index contributed by atoms with van der Waals surface area (Å²) in [5.74, 6) is 2.46. The molecule has 0 radical (unpaired) electrons. The van der Waals surface area contributed by atoms with Crippen LogP contribution in [0, 0.1) is 5.92 Å². The van der Waals surface area contributed by atoms with Crippen LogP contribution < -0.4 is 0 Å². The molecule has 134 valence electrons. The molecule has 1 unspecified atom stereocenters. The van der Waals surface area contributed by atoms with Crippen molar-refractivity contribution in [2.75, 3.05) is 0 Å². The molecule has 0 saturated heterocycles. The van der Waals surface area contributed by atoms with Crippen molar-refractivity contribution in [2.24, 2.45) is 5.92 Å². The summed E-state index contributed by atoms with van der Waals surface area (Å²) < 4.78 is 0. The standard InChI is InChI=1S/C21H38O2/c1-2-3-4-10-13-16-21(18-20-23)17-14-11-8-6-5-7-9-12-15-19-22/h15,20-21H,2-14,16-18H2,1H3.